The smallest absolute Gasteiger partial charge is 0.0652 e. The second-order valence-corrected chi connectivity index (χ2v) is 5.68. The molecule has 23 heavy (non-hydrogen) atoms. The Morgan fingerprint density at radius 2 is 1.13 bits per heavy atom. The molecule has 4 heteroatoms. The number of para-hydroxylation sites is 2. The second-order valence-electron chi connectivity index (χ2n) is 4.86. The van der Waals surface area contributed by atoms with Gasteiger partial charge in [0, 0.05) is 5.56 Å². The summed E-state index contributed by atoms with van der Waals surface area (Å²) < 4.78 is 0. The van der Waals surface area contributed by atoms with Gasteiger partial charge in [-0.25, -0.2) is 5.01 Å². The first-order valence-electron chi connectivity index (χ1n) is 7.14. The van der Waals surface area contributed by atoms with Crippen molar-refractivity contribution in [1.82, 2.24) is 0 Å². The van der Waals surface area contributed by atoms with Crippen LogP contribution in [0.3, 0.4) is 0 Å². The Labute approximate surface area is 145 Å². The van der Waals surface area contributed by atoms with E-state index in [-0.39, 0.29) is 0 Å². The minimum absolute atomic E-state index is 0.572. The molecule has 0 aromatic heterocycles. The van der Waals surface area contributed by atoms with Crippen molar-refractivity contribution in [1.29, 1.82) is 0 Å². The lowest BCUT2D eigenvalue weighted by Gasteiger charge is -2.19. The van der Waals surface area contributed by atoms with Crippen LogP contribution < -0.4 is 5.01 Å². The van der Waals surface area contributed by atoms with Gasteiger partial charge in [0.2, 0.25) is 0 Å². The molecule has 0 aliphatic carbocycles. The number of benzene rings is 3. The summed E-state index contributed by atoms with van der Waals surface area (Å²) in [6, 6.07) is 25.2. The lowest BCUT2D eigenvalue weighted by Crippen LogP contribution is -2.09. The monoisotopic (exact) mass is 340 g/mol. The van der Waals surface area contributed by atoms with E-state index < -0.39 is 0 Å². The van der Waals surface area contributed by atoms with Crippen molar-refractivity contribution >= 4 is 40.8 Å². The van der Waals surface area contributed by atoms with E-state index in [0.717, 1.165) is 11.4 Å². The summed E-state index contributed by atoms with van der Waals surface area (Å²) in [5.41, 5.74) is 2.61. The second kappa shape index (κ2) is 7.32. The lowest BCUT2D eigenvalue weighted by molar-refractivity contribution is 1.09. The van der Waals surface area contributed by atoms with E-state index in [1.165, 1.54) is 0 Å². The molecular formula is C19H14Cl2N2. The molecule has 0 aliphatic rings. The number of nitrogens with zero attached hydrogens (tertiary/aromatic N) is 2. The molecule has 0 spiro atoms. The predicted molar refractivity (Wildman–Crippen MR) is 99.1 cm³/mol. The average molecular weight is 341 g/mol. The van der Waals surface area contributed by atoms with Gasteiger partial charge in [0.05, 0.1) is 27.6 Å². The van der Waals surface area contributed by atoms with Crippen LogP contribution in [0.25, 0.3) is 0 Å². The fraction of sp³-hybridized carbons (Fsp3) is 0. The Kier molecular flexibility index (Phi) is 4.96. The first kappa shape index (κ1) is 15.6. The highest BCUT2D eigenvalue weighted by molar-refractivity contribution is 6.38. The van der Waals surface area contributed by atoms with Crippen molar-refractivity contribution in [2.75, 3.05) is 5.01 Å². The molecule has 3 rings (SSSR count). The lowest BCUT2D eigenvalue weighted by atomic mass is 10.2. The van der Waals surface area contributed by atoms with Gasteiger partial charge in [-0.15, -0.1) is 0 Å². The zero-order chi connectivity index (χ0) is 16.1. The fourth-order valence-electron chi connectivity index (χ4n) is 2.17. The molecule has 3 aromatic carbocycles. The SMILES string of the molecule is Clc1cccc(Cl)c1/C=N/N(c1ccccc1)c1ccccc1. The standard InChI is InChI=1S/C19H14Cl2N2/c20-18-12-7-13-19(21)17(18)14-22-23(15-8-3-1-4-9-15)16-10-5-2-6-11-16/h1-14H/b22-14+. The topological polar surface area (TPSA) is 15.6 Å². The summed E-state index contributed by atoms with van der Waals surface area (Å²) in [7, 11) is 0. The van der Waals surface area contributed by atoms with Gasteiger partial charge in [0.25, 0.3) is 0 Å². The van der Waals surface area contributed by atoms with Crippen LogP contribution in [-0.4, -0.2) is 6.21 Å². The van der Waals surface area contributed by atoms with Crippen LogP contribution >= 0.6 is 23.2 Å². The molecule has 3 aromatic rings. The van der Waals surface area contributed by atoms with Gasteiger partial charge in [-0.05, 0) is 36.4 Å². The first-order valence-corrected chi connectivity index (χ1v) is 7.89. The Morgan fingerprint density at radius 3 is 1.61 bits per heavy atom. The van der Waals surface area contributed by atoms with Crippen LogP contribution in [0.4, 0.5) is 11.4 Å². The summed E-state index contributed by atoms with van der Waals surface area (Å²) in [5.74, 6) is 0. The summed E-state index contributed by atoms with van der Waals surface area (Å²) >= 11 is 12.4. The summed E-state index contributed by atoms with van der Waals surface area (Å²) in [5, 5.41) is 7.59. The van der Waals surface area contributed by atoms with Crippen molar-refractivity contribution in [3.63, 3.8) is 0 Å². The van der Waals surface area contributed by atoms with E-state index in [1.807, 2.05) is 71.7 Å². The van der Waals surface area contributed by atoms with E-state index in [9.17, 15) is 0 Å². The molecule has 0 heterocycles. The maximum Gasteiger partial charge on any atom is 0.0652 e. The number of anilines is 2. The fourth-order valence-corrected chi connectivity index (χ4v) is 2.67. The zero-order valence-corrected chi connectivity index (χ0v) is 13.7. The van der Waals surface area contributed by atoms with E-state index in [2.05, 4.69) is 5.10 Å². The third-order valence-corrected chi connectivity index (χ3v) is 3.96. The van der Waals surface area contributed by atoms with Gasteiger partial charge >= 0.3 is 0 Å². The molecule has 0 atom stereocenters. The molecule has 114 valence electrons. The number of hydrazone groups is 1. The third kappa shape index (κ3) is 3.73. The van der Waals surface area contributed by atoms with Crippen LogP contribution in [0.2, 0.25) is 10.0 Å². The van der Waals surface area contributed by atoms with Crippen molar-refractivity contribution in [3.8, 4) is 0 Å². The van der Waals surface area contributed by atoms with Crippen LogP contribution in [0.5, 0.6) is 0 Å². The number of halogens is 2. The summed E-state index contributed by atoms with van der Waals surface area (Å²) in [4.78, 5) is 0. The van der Waals surface area contributed by atoms with Gasteiger partial charge in [-0.2, -0.15) is 5.10 Å². The van der Waals surface area contributed by atoms with Gasteiger partial charge in [0.15, 0.2) is 0 Å². The quantitative estimate of drug-likeness (QED) is 0.409. The van der Waals surface area contributed by atoms with E-state index >= 15 is 0 Å². The summed E-state index contributed by atoms with van der Waals surface area (Å²) in [6.07, 6.45) is 1.69. The van der Waals surface area contributed by atoms with Crippen molar-refractivity contribution in [3.05, 3.63) is 94.5 Å². The van der Waals surface area contributed by atoms with Crippen LogP contribution in [-0.2, 0) is 0 Å². The minimum atomic E-state index is 0.572. The van der Waals surface area contributed by atoms with Crippen LogP contribution in [0, 0.1) is 0 Å². The molecule has 0 N–H and O–H groups in total. The molecule has 0 amide bonds. The third-order valence-electron chi connectivity index (χ3n) is 3.30. The van der Waals surface area contributed by atoms with E-state index in [4.69, 9.17) is 23.2 Å². The molecule has 2 nitrogen and oxygen atoms in total. The molecule has 0 aliphatic heterocycles. The van der Waals surface area contributed by atoms with Crippen LogP contribution in [0.1, 0.15) is 5.56 Å². The first-order chi connectivity index (χ1) is 11.3. The number of hydrogen-bond acceptors (Lipinski definition) is 2. The van der Waals surface area contributed by atoms with Gasteiger partial charge in [-0.3, -0.25) is 0 Å². The largest absolute Gasteiger partial charge is 0.234 e. The minimum Gasteiger partial charge on any atom is -0.234 e. The van der Waals surface area contributed by atoms with Crippen molar-refractivity contribution < 1.29 is 0 Å². The Hall–Kier alpha value is -2.29. The van der Waals surface area contributed by atoms with E-state index in [1.54, 1.807) is 18.3 Å². The normalized spacial score (nSPS) is 10.9. The van der Waals surface area contributed by atoms with Gasteiger partial charge in [-0.1, -0.05) is 65.7 Å². The Morgan fingerprint density at radius 1 is 0.652 bits per heavy atom. The molecule has 0 fully saturated rings. The predicted octanol–water partition coefficient (Wildman–Crippen LogP) is 6.17. The molecule has 0 unspecified atom stereocenters. The van der Waals surface area contributed by atoms with E-state index in [0.29, 0.717) is 15.6 Å². The van der Waals surface area contributed by atoms with Gasteiger partial charge in [0.1, 0.15) is 0 Å². The Bertz CT molecular complexity index is 742. The highest BCUT2D eigenvalue weighted by atomic mass is 35.5. The summed E-state index contributed by atoms with van der Waals surface area (Å²) in [6.45, 7) is 0. The van der Waals surface area contributed by atoms with Crippen LogP contribution in [0.15, 0.2) is 84.0 Å². The molecule has 0 saturated heterocycles. The number of rotatable bonds is 4. The Balaban J connectivity index is 2.02. The van der Waals surface area contributed by atoms with Crippen molar-refractivity contribution in [2.45, 2.75) is 0 Å². The highest BCUT2D eigenvalue weighted by Crippen LogP contribution is 2.27. The number of hydrogen-bond donors (Lipinski definition) is 0. The highest BCUT2D eigenvalue weighted by Gasteiger charge is 2.08. The maximum absolute atomic E-state index is 6.21. The van der Waals surface area contributed by atoms with Gasteiger partial charge < -0.3 is 0 Å². The maximum atomic E-state index is 6.21. The van der Waals surface area contributed by atoms with Crippen molar-refractivity contribution in [2.24, 2.45) is 5.10 Å². The molecule has 0 bridgehead atoms. The molecule has 0 radical (unpaired) electrons. The average Bonchev–Trinajstić information content (AvgIpc) is 2.59. The zero-order valence-electron chi connectivity index (χ0n) is 12.2. The molecule has 0 saturated carbocycles. The molecular weight excluding hydrogens is 327 g/mol.